The van der Waals surface area contributed by atoms with Crippen molar-refractivity contribution in [1.82, 2.24) is 9.88 Å². The summed E-state index contributed by atoms with van der Waals surface area (Å²) < 4.78 is 84.5. The summed E-state index contributed by atoms with van der Waals surface area (Å²) in [5, 5.41) is -0.514. The molecule has 13 heteroatoms. The number of anilines is 2. The number of ether oxygens (including phenoxy) is 2. The highest BCUT2D eigenvalue weighted by molar-refractivity contribution is 7.92. The van der Waals surface area contributed by atoms with Gasteiger partial charge >= 0.3 is 0 Å². The SMILES string of the molecule is COc1ccc(CN(c2cccc(F)n2)S(=O)(=O)c2c(F)cc(N3CC[C@@H](CN(C)C)C3)c(Cl)c2F)c(OC)c1. The van der Waals surface area contributed by atoms with E-state index in [1.54, 1.807) is 11.0 Å². The fraction of sp³-hybridized carbons (Fsp3) is 0.370. The number of pyridine rings is 1. The fourth-order valence-electron chi connectivity index (χ4n) is 4.82. The molecular formula is C27H30ClF3N4O4S. The average molecular weight is 599 g/mol. The van der Waals surface area contributed by atoms with Crippen molar-refractivity contribution in [3.63, 3.8) is 0 Å². The second-order valence-corrected chi connectivity index (χ2v) is 11.9. The maximum absolute atomic E-state index is 15.8. The van der Waals surface area contributed by atoms with Gasteiger partial charge in [0.1, 0.15) is 28.2 Å². The molecule has 3 aromatic rings. The lowest BCUT2D eigenvalue weighted by atomic mass is 10.1. The molecule has 0 bridgehead atoms. The van der Waals surface area contributed by atoms with E-state index in [1.807, 2.05) is 19.0 Å². The van der Waals surface area contributed by atoms with Gasteiger partial charge in [0.2, 0.25) is 5.95 Å². The fourth-order valence-corrected chi connectivity index (χ4v) is 6.66. The Balaban J connectivity index is 1.79. The number of methoxy groups -OCH3 is 2. The normalized spacial score (nSPS) is 15.5. The average Bonchev–Trinajstić information content (AvgIpc) is 3.36. The molecule has 1 atom stereocenters. The monoisotopic (exact) mass is 598 g/mol. The van der Waals surface area contributed by atoms with Crippen molar-refractivity contribution in [2.24, 2.45) is 5.92 Å². The summed E-state index contributed by atoms with van der Waals surface area (Å²) in [5.41, 5.74) is 0.384. The van der Waals surface area contributed by atoms with Gasteiger partial charge in [-0.15, -0.1) is 0 Å². The van der Waals surface area contributed by atoms with Gasteiger partial charge in [-0.05, 0) is 50.7 Å². The Hall–Kier alpha value is -3.22. The van der Waals surface area contributed by atoms with E-state index < -0.39 is 44.1 Å². The Labute approximate surface area is 236 Å². The predicted octanol–water partition coefficient (Wildman–Crippen LogP) is 4.95. The highest BCUT2D eigenvalue weighted by Gasteiger charge is 2.36. The van der Waals surface area contributed by atoms with Crippen LogP contribution < -0.4 is 18.7 Å². The molecule has 0 amide bonds. The topological polar surface area (TPSA) is 75.2 Å². The van der Waals surface area contributed by atoms with E-state index in [0.29, 0.717) is 28.7 Å². The van der Waals surface area contributed by atoms with Crippen molar-refractivity contribution >= 4 is 33.1 Å². The van der Waals surface area contributed by atoms with Crippen LogP contribution in [0.3, 0.4) is 0 Å². The zero-order valence-electron chi connectivity index (χ0n) is 22.5. The quantitative estimate of drug-likeness (QED) is 0.241. The van der Waals surface area contributed by atoms with Crippen LogP contribution in [0.2, 0.25) is 5.02 Å². The van der Waals surface area contributed by atoms with Crippen LogP contribution >= 0.6 is 11.6 Å². The van der Waals surface area contributed by atoms with Crippen molar-refractivity contribution in [2.75, 3.05) is 57.2 Å². The summed E-state index contributed by atoms with van der Waals surface area (Å²) in [6.45, 7) is 1.33. The van der Waals surface area contributed by atoms with Gasteiger partial charge < -0.3 is 19.3 Å². The minimum absolute atomic E-state index is 0.0733. The summed E-state index contributed by atoms with van der Waals surface area (Å²) in [7, 11) is 1.70. The van der Waals surface area contributed by atoms with Crippen LogP contribution in [-0.2, 0) is 16.6 Å². The van der Waals surface area contributed by atoms with Crippen molar-refractivity contribution in [1.29, 1.82) is 0 Å². The van der Waals surface area contributed by atoms with Gasteiger partial charge in [-0.25, -0.2) is 26.5 Å². The zero-order chi connectivity index (χ0) is 29.2. The molecule has 216 valence electrons. The van der Waals surface area contributed by atoms with E-state index in [9.17, 15) is 12.8 Å². The number of hydrogen-bond acceptors (Lipinski definition) is 7. The maximum Gasteiger partial charge on any atom is 0.271 e. The van der Waals surface area contributed by atoms with Crippen molar-refractivity contribution in [3.05, 3.63) is 70.6 Å². The molecule has 1 aliphatic heterocycles. The largest absolute Gasteiger partial charge is 0.497 e. The summed E-state index contributed by atoms with van der Waals surface area (Å²) in [6.07, 6.45) is 0.792. The van der Waals surface area contributed by atoms with Crippen LogP contribution in [0.25, 0.3) is 0 Å². The first-order valence-corrected chi connectivity index (χ1v) is 14.2. The third-order valence-electron chi connectivity index (χ3n) is 6.66. The predicted molar refractivity (Wildman–Crippen MR) is 147 cm³/mol. The molecule has 0 radical (unpaired) electrons. The van der Waals surface area contributed by atoms with E-state index >= 15 is 8.78 Å². The number of aromatic nitrogens is 1. The molecule has 0 unspecified atom stereocenters. The van der Waals surface area contributed by atoms with Gasteiger partial charge in [0.05, 0.1) is 26.5 Å². The van der Waals surface area contributed by atoms with Gasteiger partial charge in [-0.3, -0.25) is 0 Å². The maximum atomic E-state index is 15.8. The van der Waals surface area contributed by atoms with Gasteiger partial charge in [0, 0.05) is 37.3 Å². The van der Waals surface area contributed by atoms with E-state index in [4.69, 9.17) is 21.1 Å². The smallest absolute Gasteiger partial charge is 0.271 e. The Morgan fingerprint density at radius 3 is 2.50 bits per heavy atom. The first-order chi connectivity index (χ1) is 19.0. The second kappa shape index (κ2) is 12.1. The van der Waals surface area contributed by atoms with Gasteiger partial charge in [0.25, 0.3) is 10.0 Å². The molecule has 8 nitrogen and oxygen atoms in total. The van der Waals surface area contributed by atoms with Crippen LogP contribution in [0.5, 0.6) is 11.5 Å². The molecule has 0 saturated carbocycles. The Morgan fingerprint density at radius 1 is 1.10 bits per heavy atom. The summed E-state index contributed by atoms with van der Waals surface area (Å²) >= 11 is 6.34. The van der Waals surface area contributed by atoms with E-state index in [2.05, 4.69) is 4.98 Å². The number of hydrogen-bond donors (Lipinski definition) is 0. The van der Waals surface area contributed by atoms with Crippen LogP contribution in [0.4, 0.5) is 24.7 Å². The molecule has 0 aliphatic carbocycles. The minimum Gasteiger partial charge on any atom is -0.497 e. The second-order valence-electron chi connectivity index (χ2n) is 9.71. The highest BCUT2D eigenvalue weighted by atomic mass is 35.5. The molecule has 2 heterocycles. The number of halogens is 4. The zero-order valence-corrected chi connectivity index (χ0v) is 24.1. The Morgan fingerprint density at radius 2 is 1.85 bits per heavy atom. The Bertz CT molecular complexity index is 1490. The number of rotatable bonds is 10. The van der Waals surface area contributed by atoms with E-state index in [1.165, 1.54) is 38.5 Å². The molecule has 1 fully saturated rings. The van der Waals surface area contributed by atoms with Crippen molar-refractivity contribution < 1.29 is 31.1 Å². The minimum atomic E-state index is -5.00. The lowest BCUT2D eigenvalue weighted by Crippen LogP contribution is -2.33. The van der Waals surface area contributed by atoms with Gasteiger partial charge in [-0.2, -0.15) is 4.39 Å². The summed E-state index contributed by atoms with van der Waals surface area (Å²) in [5.74, 6) is -3.18. The lowest BCUT2D eigenvalue weighted by molar-refractivity contribution is 0.340. The summed E-state index contributed by atoms with van der Waals surface area (Å²) in [6, 6.07) is 9.03. The molecular weight excluding hydrogens is 569 g/mol. The molecule has 1 aromatic heterocycles. The van der Waals surface area contributed by atoms with Crippen LogP contribution in [0.1, 0.15) is 12.0 Å². The van der Waals surface area contributed by atoms with Gasteiger partial charge in [-0.1, -0.05) is 17.7 Å². The molecule has 4 rings (SSSR count). The van der Waals surface area contributed by atoms with Crippen LogP contribution in [-0.4, -0.2) is 66.3 Å². The highest BCUT2D eigenvalue weighted by Crippen LogP contribution is 2.39. The third-order valence-corrected chi connectivity index (χ3v) is 8.81. The molecule has 0 spiro atoms. The first-order valence-electron chi connectivity index (χ1n) is 12.4. The number of nitrogens with zero attached hydrogens (tertiary/aromatic N) is 4. The Kier molecular flexibility index (Phi) is 9.01. The first kappa shape index (κ1) is 29.8. The number of benzene rings is 2. The third kappa shape index (κ3) is 6.08. The van der Waals surface area contributed by atoms with E-state index in [0.717, 1.165) is 25.1 Å². The van der Waals surface area contributed by atoms with Crippen LogP contribution in [0.15, 0.2) is 47.4 Å². The lowest BCUT2D eigenvalue weighted by Gasteiger charge is -2.26. The van der Waals surface area contributed by atoms with Gasteiger partial charge in [0.15, 0.2) is 10.7 Å². The summed E-state index contributed by atoms with van der Waals surface area (Å²) in [4.78, 5) is 6.18. The van der Waals surface area contributed by atoms with E-state index in [-0.39, 0.29) is 23.2 Å². The van der Waals surface area contributed by atoms with Crippen molar-refractivity contribution in [3.8, 4) is 11.5 Å². The van der Waals surface area contributed by atoms with Crippen LogP contribution in [0, 0.1) is 23.5 Å². The van der Waals surface area contributed by atoms with Crippen molar-refractivity contribution in [2.45, 2.75) is 17.9 Å². The number of sulfonamides is 1. The standard InChI is InChI=1S/C27H30ClF3N4O4S/c1-33(2)14-17-10-11-34(15-17)21-13-20(29)27(26(31)25(21)28)40(36,37)35(24-7-5-6-23(30)32-24)16-18-8-9-19(38-3)12-22(18)39-4/h5-9,12-13,17H,10-11,14-16H2,1-4H3/t17-/m0/s1. The molecule has 1 aliphatic rings. The molecule has 0 N–H and O–H groups in total. The molecule has 40 heavy (non-hydrogen) atoms. The molecule has 2 aromatic carbocycles. The molecule has 1 saturated heterocycles.